The summed E-state index contributed by atoms with van der Waals surface area (Å²) in [7, 11) is 0. The Morgan fingerprint density at radius 1 is 1.30 bits per heavy atom. The Hall–Kier alpha value is -1.06. The van der Waals surface area contributed by atoms with Crippen LogP contribution in [0.4, 0.5) is 0 Å². The number of carbonyl (C=O) groups excluding carboxylic acids is 1. The first-order valence-electron chi connectivity index (χ1n) is 7.01. The van der Waals surface area contributed by atoms with Gasteiger partial charge in [-0.1, -0.05) is 51.4 Å². The van der Waals surface area contributed by atoms with Crippen LogP contribution in [-0.2, 0) is 10.2 Å². The van der Waals surface area contributed by atoms with Crippen molar-refractivity contribution in [2.24, 2.45) is 11.7 Å². The molecule has 0 bridgehead atoms. The molecule has 0 aromatic heterocycles. The Morgan fingerprint density at radius 3 is 2.35 bits per heavy atom. The van der Waals surface area contributed by atoms with E-state index in [1.54, 1.807) is 0 Å². The molecule has 3 nitrogen and oxygen atoms in total. The van der Waals surface area contributed by atoms with E-state index in [0.29, 0.717) is 23.9 Å². The minimum atomic E-state index is -0.434. The summed E-state index contributed by atoms with van der Waals surface area (Å²) in [6, 6.07) is 7.28. The highest BCUT2D eigenvalue weighted by atomic mass is 35.5. The molecule has 0 aliphatic rings. The molecule has 0 heterocycles. The average Bonchev–Trinajstić information content (AvgIpc) is 2.35. The van der Waals surface area contributed by atoms with Crippen LogP contribution < -0.4 is 11.1 Å². The molecule has 0 spiro atoms. The van der Waals surface area contributed by atoms with Crippen molar-refractivity contribution in [3.05, 3.63) is 34.9 Å². The maximum absolute atomic E-state index is 12.0. The van der Waals surface area contributed by atoms with Crippen LogP contribution in [0, 0.1) is 5.92 Å². The third-order valence-corrected chi connectivity index (χ3v) is 3.64. The van der Waals surface area contributed by atoms with E-state index in [1.807, 2.05) is 24.3 Å². The van der Waals surface area contributed by atoms with Gasteiger partial charge in [0.05, 0.1) is 6.04 Å². The van der Waals surface area contributed by atoms with Crippen molar-refractivity contribution in [1.82, 2.24) is 5.32 Å². The number of amides is 1. The van der Waals surface area contributed by atoms with Gasteiger partial charge in [-0.3, -0.25) is 4.79 Å². The number of nitrogens with two attached hydrogens (primary N) is 1. The maximum atomic E-state index is 12.0. The average molecular weight is 297 g/mol. The maximum Gasteiger partial charge on any atom is 0.236 e. The summed E-state index contributed by atoms with van der Waals surface area (Å²) in [5, 5.41) is 3.66. The molecule has 0 saturated carbocycles. The van der Waals surface area contributed by atoms with E-state index >= 15 is 0 Å². The van der Waals surface area contributed by atoms with Gasteiger partial charge in [0.15, 0.2) is 0 Å². The predicted octanol–water partition coefficient (Wildman–Crippen LogP) is 3.11. The molecule has 0 aliphatic carbocycles. The van der Waals surface area contributed by atoms with Gasteiger partial charge in [0.1, 0.15) is 0 Å². The van der Waals surface area contributed by atoms with Gasteiger partial charge in [-0.25, -0.2) is 0 Å². The van der Waals surface area contributed by atoms with Crippen LogP contribution in [0.3, 0.4) is 0 Å². The van der Waals surface area contributed by atoms with Crippen molar-refractivity contribution in [3.8, 4) is 0 Å². The van der Waals surface area contributed by atoms with Crippen LogP contribution in [0.1, 0.15) is 39.7 Å². The minimum absolute atomic E-state index is 0.0826. The lowest BCUT2D eigenvalue weighted by Crippen LogP contribution is -2.45. The van der Waals surface area contributed by atoms with Crippen LogP contribution in [0.2, 0.25) is 5.02 Å². The normalized spacial score (nSPS) is 13.3. The molecule has 1 aromatic carbocycles. The van der Waals surface area contributed by atoms with Gasteiger partial charge in [-0.2, -0.15) is 0 Å². The van der Waals surface area contributed by atoms with E-state index in [-0.39, 0.29) is 11.3 Å². The fourth-order valence-electron chi connectivity index (χ4n) is 2.06. The van der Waals surface area contributed by atoms with Crippen LogP contribution in [0.5, 0.6) is 0 Å². The fraction of sp³-hybridized carbons (Fsp3) is 0.562. The monoisotopic (exact) mass is 296 g/mol. The molecule has 1 amide bonds. The Kier molecular flexibility index (Phi) is 6.03. The van der Waals surface area contributed by atoms with E-state index in [9.17, 15) is 4.79 Å². The zero-order valence-corrected chi connectivity index (χ0v) is 13.5. The van der Waals surface area contributed by atoms with Gasteiger partial charge >= 0.3 is 0 Å². The minimum Gasteiger partial charge on any atom is -0.354 e. The van der Waals surface area contributed by atoms with Crippen LogP contribution >= 0.6 is 11.6 Å². The zero-order valence-electron chi connectivity index (χ0n) is 12.7. The summed E-state index contributed by atoms with van der Waals surface area (Å²) in [5.41, 5.74) is 6.86. The number of carbonyl (C=O) groups is 1. The lowest BCUT2D eigenvalue weighted by Gasteiger charge is -2.26. The van der Waals surface area contributed by atoms with Crippen molar-refractivity contribution < 1.29 is 4.79 Å². The van der Waals surface area contributed by atoms with Crippen LogP contribution in [0.25, 0.3) is 0 Å². The van der Waals surface area contributed by atoms with E-state index in [2.05, 4.69) is 33.0 Å². The Balaban J connectivity index is 2.59. The molecule has 0 unspecified atom stereocenters. The summed E-state index contributed by atoms with van der Waals surface area (Å²) in [6.07, 6.45) is 0.702. The van der Waals surface area contributed by atoms with E-state index in [1.165, 1.54) is 0 Å². The van der Waals surface area contributed by atoms with Crippen molar-refractivity contribution in [3.63, 3.8) is 0 Å². The lowest BCUT2D eigenvalue weighted by molar-refractivity contribution is -0.122. The first-order valence-corrected chi connectivity index (χ1v) is 7.39. The van der Waals surface area contributed by atoms with Crippen molar-refractivity contribution in [1.29, 1.82) is 0 Å². The second-order valence-corrected chi connectivity index (χ2v) is 6.78. The van der Waals surface area contributed by atoms with Crippen LogP contribution in [0.15, 0.2) is 24.3 Å². The number of hydrogen-bond acceptors (Lipinski definition) is 2. The summed E-state index contributed by atoms with van der Waals surface area (Å²) in [6.45, 7) is 8.85. The molecule has 0 aliphatic heterocycles. The third-order valence-electron chi connectivity index (χ3n) is 3.39. The van der Waals surface area contributed by atoms with Crippen molar-refractivity contribution in [2.45, 2.75) is 45.6 Å². The Bertz CT molecular complexity index is 440. The van der Waals surface area contributed by atoms with E-state index < -0.39 is 6.04 Å². The quantitative estimate of drug-likeness (QED) is 0.847. The van der Waals surface area contributed by atoms with Gasteiger partial charge in [0.2, 0.25) is 5.91 Å². The van der Waals surface area contributed by atoms with Crippen LogP contribution in [-0.4, -0.2) is 18.5 Å². The highest BCUT2D eigenvalue weighted by Crippen LogP contribution is 2.23. The van der Waals surface area contributed by atoms with E-state index in [0.717, 1.165) is 5.56 Å². The van der Waals surface area contributed by atoms with Gasteiger partial charge in [0, 0.05) is 17.0 Å². The highest BCUT2D eigenvalue weighted by Gasteiger charge is 2.23. The Morgan fingerprint density at radius 2 is 1.85 bits per heavy atom. The molecule has 1 atom stereocenters. The first kappa shape index (κ1) is 17.0. The van der Waals surface area contributed by atoms with Gasteiger partial charge in [-0.15, -0.1) is 0 Å². The zero-order chi connectivity index (χ0) is 15.3. The second kappa shape index (κ2) is 7.09. The lowest BCUT2D eigenvalue weighted by atomic mass is 9.84. The molecule has 112 valence electrons. The van der Waals surface area contributed by atoms with Crippen molar-refractivity contribution in [2.75, 3.05) is 6.54 Å². The number of hydrogen-bond donors (Lipinski definition) is 2. The number of benzene rings is 1. The summed E-state index contributed by atoms with van der Waals surface area (Å²) in [5.74, 6) is 0.334. The topological polar surface area (TPSA) is 55.1 Å². The number of nitrogens with one attached hydrogen (secondary N) is 1. The standard InChI is InChI=1S/C16H25ClN2O/c1-11(2)9-14(18)15(20)19-10-16(3,4)12-5-7-13(17)8-6-12/h5-8,11,14H,9-10,18H2,1-4H3,(H,19,20)/t14-/m0/s1. The largest absolute Gasteiger partial charge is 0.354 e. The fourth-order valence-corrected chi connectivity index (χ4v) is 2.18. The molecule has 4 heteroatoms. The number of halogens is 1. The second-order valence-electron chi connectivity index (χ2n) is 6.34. The van der Waals surface area contributed by atoms with Gasteiger partial charge in [-0.05, 0) is 30.0 Å². The van der Waals surface area contributed by atoms with E-state index in [4.69, 9.17) is 17.3 Å². The molecule has 1 rings (SSSR count). The number of rotatable bonds is 6. The smallest absolute Gasteiger partial charge is 0.236 e. The van der Waals surface area contributed by atoms with Gasteiger partial charge in [0.25, 0.3) is 0 Å². The molecule has 20 heavy (non-hydrogen) atoms. The molecule has 3 N–H and O–H groups in total. The molecule has 1 aromatic rings. The first-order chi connectivity index (χ1) is 9.22. The summed E-state index contributed by atoms with van der Waals surface area (Å²) in [4.78, 5) is 12.0. The summed E-state index contributed by atoms with van der Waals surface area (Å²) < 4.78 is 0. The molecular weight excluding hydrogens is 272 g/mol. The predicted molar refractivity (Wildman–Crippen MR) is 84.9 cm³/mol. The molecule has 0 fully saturated rings. The van der Waals surface area contributed by atoms with Crippen molar-refractivity contribution >= 4 is 17.5 Å². The molecule has 0 saturated heterocycles. The molecular formula is C16H25ClN2O. The van der Waals surface area contributed by atoms with Gasteiger partial charge < -0.3 is 11.1 Å². The SMILES string of the molecule is CC(C)C[C@H](N)C(=O)NCC(C)(C)c1ccc(Cl)cc1. The highest BCUT2D eigenvalue weighted by molar-refractivity contribution is 6.30. The third kappa shape index (κ3) is 5.14. The molecule has 0 radical (unpaired) electrons. The summed E-state index contributed by atoms with van der Waals surface area (Å²) >= 11 is 5.89. The Labute approximate surface area is 126 Å².